The first-order valence-corrected chi connectivity index (χ1v) is 11.5. The Hall–Kier alpha value is -1.68. The maximum absolute atomic E-state index is 13.1. The number of nitrogens with zero attached hydrogens (tertiary/aromatic N) is 2. The number of likely N-dealkylation sites (tertiary alicyclic amines) is 1. The van der Waals surface area contributed by atoms with Crippen molar-refractivity contribution in [3.05, 3.63) is 30.1 Å². The van der Waals surface area contributed by atoms with E-state index < -0.39 is 24.2 Å². The molecule has 3 aliphatic rings. The highest BCUT2D eigenvalue weighted by atomic mass is 32.2. The molecule has 1 aromatic rings. The van der Waals surface area contributed by atoms with Crippen LogP contribution in [0, 0.1) is 11.7 Å². The van der Waals surface area contributed by atoms with E-state index >= 15 is 0 Å². The van der Waals surface area contributed by atoms with Crippen LogP contribution in [0.15, 0.2) is 29.3 Å². The van der Waals surface area contributed by atoms with Gasteiger partial charge in [-0.1, -0.05) is 18.2 Å². The second-order valence-electron chi connectivity index (χ2n) is 8.23. The molecule has 4 N–H and O–H groups in total. The molecule has 1 saturated carbocycles. The second-order valence-corrected chi connectivity index (χ2v) is 9.40. The molecule has 9 heteroatoms. The normalized spacial score (nSPS) is 31.7. The smallest absolute Gasteiger partial charge is 0.224 e. The first-order valence-electron chi connectivity index (χ1n) is 10.6. The van der Waals surface area contributed by atoms with Gasteiger partial charge in [0.1, 0.15) is 11.9 Å². The minimum Gasteiger partial charge on any atom is -0.390 e. The lowest BCUT2D eigenvalue weighted by molar-refractivity contribution is -0.129. The van der Waals surface area contributed by atoms with E-state index in [2.05, 4.69) is 20.5 Å². The van der Waals surface area contributed by atoms with Crippen LogP contribution in [0.1, 0.15) is 25.7 Å². The highest BCUT2D eigenvalue weighted by molar-refractivity contribution is 8.15. The number of amides is 1. The Labute approximate surface area is 180 Å². The minimum atomic E-state index is -1.01. The molecule has 164 valence electrons. The van der Waals surface area contributed by atoms with Crippen molar-refractivity contribution in [3.63, 3.8) is 0 Å². The zero-order chi connectivity index (χ0) is 21.1. The van der Waals surface area contributed by atoms with Crippen LogP contribution in [0.25, 0.3) is 0 Å². The summed E-state index contributed by atoms with van der Waals surface area (Å²) in [6.45, 7) is 3.57. The Bertz CT molecular complexity index is 772. The van der Waals surface area contributed by atoms with Crippen LogP contribution in [-0.2, 0) is 4.79 Å². The van der Waals surface area contributed by atoms with E-state index in [1.165, 1.54) is 43.2 Å². The molecule has 0 aromatic heterocycles. The number of hydrogen-bond donors (Lipinski definition) is 4. The van der Waals surface area contributed by atoms with Crippen molar-refractivity contribution in [3.8, 4) is 0 Å². The van der Waals surface area contributed by atoms with Crippen LogP contribution in [-0.4, -0.2) is 75.9 Å². The van der Waals surface area contributed by atoms with Gasteiger partial charge in [0.15, 0.2) is 5.17 Å². The third-order valence-electron chi connectivity index (χ3n) is 6.09. The number of anilines is 1. The molecule has 1 amide bonds. The number of rotatable bonds is 5. The summed E-state index contributed by atoms with van der Waals surface area (Å²) in [7, 11) is 0. The van der Waals surface area contributed by atoms with Crippen molar-refractivity contribution in [2.45, 2.75) is 49.2 Å². The van der Waals surface area contributed by atoms with E-state index in [9.17, 15) is 19.4 Å². The minimum absolute atomic E-state index is 0.0984. The summed E-state index contributed by atoms with van der Waals surface area (Å²) in [6.07, 6.45) is 1.92. The lowest BCUT2D eigenvalue weighted by Gasteiger charge is -2.37. The van der Waals surface area contributed by atoms with Gasteiger partial charge in [0.05, 0.1) is 18.1 Å². The molecule has 2 fully saturated rings. The third kappa shape index (κ3) is 4.96. The van der Waals surface area contributed by atoms with Gasteiger partial charge in [-0.25, -0.2) is 4.39 Å². The summed E-state index contributed by atoms with van der Waals surface area (Å²) in [5.41, 5.74) is 0.680. The average Bonchev–Trinajstić information content (AvgIpc) is 3.17. The molecule has 0 radical (unpaired) electrons. The first-order chi connectivity index (χ1) is 14.5. The van der Waals surface area contributed by atoms with E-state index in [0.717, 1.165) is 19.6 Å². The van der Waals surface area contributed by atoms with Gasteiger partial charge in [-0.2, -0.15) is 0 Å². The number of amidine groups is 1. The number of thioether (sulfide) groups is 1. The number of aliphatic hydroxyl groups is 2. The van der Waals surface area contributed by atoms with Crippen LogP contribution in [0.4, 0.5) is 10.1 Å². The topological polar surface area (TPSA) is 97.2 Å². The van der Waals surface area contributed by atoms with E-state index in [1.807, 2.05) is 0 Å². The predicted octanol–water partition coefficient (Wildman–Crippen LogP) is 1.42. The number of carbonyl (C=O) groups excluding carboxylic acids is 1. The fourth-order valence-electron chi connectivity index (χ4n) is 4.42. The summed E-state index contributed by atoms with van der Waals surface area (Å²) in [4.78, 5) is 19.8. The molecule has 1 aliphatic carbocycles. The van der Waals surface area contributed by atoms with Crippen molar-refractivity contribution in [1.29, 1.82) is 0 Å². The van der Waals surface area contributed by atoms with Crippen molar-refractivity contribution in [2.24, 2.45) is 10.9 Å². The largest absolute Gasteiger partial charge is 0.390 e. The molecule has 0 bridgehead atoms. The summed E-state index contributed by atoms with van der Waals surface area (Å²) in [6, 6.07) is 5.37. The highest BCUT2D eigenvalue weighted by Crippen LogP contribution is 2.41. The summed E-state index contributed by atoms with van der Waals surface area (Å²) >= 11 is 1.40. The van der Waals surface area contributed by atoms with Gasteiger partial charge in [-0.3, -0.25) is 9.79 Å². The van der Waals surface area contributed by atoms with E-state index in [4.69, 9.17) is 0 Å². The fourth-order valence-corrected chi connectivity index (χ4v) is 5.79. The molecule has 2 aliphatic heterocycles. The zero-order valence-corrected chi connectivity index (χ0v) is 17.7. The number of aliphatic imine (C=N–C) groups is 1. The average molecular weight is 437 g/mol. The van der Waals surface area contributed by atoms with Gasteiger partial charge in [0.25, 0.3) is 0 Å². The van der Waals surface area contributed by atoms with E-state index in [0.29, 0.717) is 17.4 Å². The first kappa shape index (κ1) is 21.5. The molecule has 5 atom stereocenters. The molecule has 2 heterocycles. The molecule has 0 spiro atoms. The van der Waals surface area contributed by atoms with Gasteiger partial charge >= 0.3 is 0 Å². The molecule has 4 rings (SSSR count). The monoisotopic (exact) mass is 436 g/mol. The lowest BCUT2D eigenvalue weighted by atomic mass is 9.81. The number of nitrogens with one attached hydrogen (secondary N) is 2. The number of hydrogen-bond acceptors (Lipinski definition) is 7. The Morgan fingerprint density at radius 1 is 1.20 bits per heavy atom. The predicted molar refractivity (Wildman–Crippen MR) is 116 cm³/mol. The van der Waals surface area contributed by atoms with Crippen LogP contribution >= 0.6 is 11.8 Å². The Morgan fingerprint density at radius 3 is 2.67 bits per heavy atom. The van der Waals surface area contributed by atoms with Crippen LogP contribution < -0.4 is 10.6 Å². The molecule has 1 aromatic carbocycles. The van der Waals surface area contributed by atoms with Crippen molar-refractivity contribution in [1.82, 2.24) is 10.2 Å². The third-order valence-corrected chi connectivity index (χ3v) is 7.41. The van der Waals surface area contributed by atoms with Gasteiger partial charge in [-0.15, -0.1) is 0 Å². The summed E-state index contributed by atoms with van der Waals surface area (Å²) in [5.74, 6) is -0.857. The fraction of sp³-hybridized carbons (Fsp3) is 0.619. The Morgan fingerprint density at radius 2 is 1.93 bits per heavy atom. The number of fused-ring (bicyclic) bond motifs is 1. The van der Waals surface area contributed by atoms with Crippen molar-refractivity contribution in [2.75, 3.05) is 31.5 Å². The van der Waals surface area contributed by atoms with Crippen LogP contribution in [0.2, 0.25) is 0 Å². The van der Waals surface area contributed by atoms with Gasteiger partial charge < -0.3 is 25.7 Å². The number of benzene rings is 1. The van der Waals surface area contributed by atoms with E-state index in [1.54, 1.807) is 12.1 Å². The number of carbonyl (C=O) groups is 1. The standard InChI is InChI=1S/C21H29FN4O3S/c22-13-4-6-14(7-5-13)24-21-25-17-18(28)16(27)12-15(19(17)30-21)20(29)23-8-11-26-9-2-1-3-10-26/h4-7,15-19,27-28H,1-3,8-12H2,(H,23,29)(H,24,25)/t15-,16+,17+,18-,19+/m0/s1. The molecule has 7 nitrogen and oxygen atoms in total. The van der Waals surface area contributed by atoms with Gasteiger partial charge in [0.2, 0.25) is 5.91 Å². The molecular formula is C21H29FN4O3S. The zero-order valence-electron chi connectivity index (χ0n) is 16.8. The molecular weight excluding hydrogens is 407 g/mol. The van der Waals surface area contributed by atoms with Crippen LogP contribution in [0.5, 0.6) is 0 Å². The quantitative estimate of drug-likeness (QED) is 0.558. The Balaban J connectivity index is 1.36. The number of piperidine rings is 1. The maximum atomic E-state index is 13.1. The number of aliphatic hydroxyl groups excluding tert-OH is 2. The summed E-state index contributed by atoms with van der Waals surface area (Å²) < 4.78 is 13.1. The molecule has 30 heavy (non-hydrogen) atoms. The molecule has 1 saturated heterocycles. The highest BCUT2D eigenvalue weighted by Gasteiger charge is 2.50. The summed E-state index contributed by atoms with van der Waals surface area (Å²) in [5, 5.41) is 27.2. The van der Waals surface area contributed by atoms with Crippen molar-refractivity contribution >= 4 is 28.5 Å². The van der Waals surface area contributed by atoms with Crippen molar-refractivity contribution < 1.29 is 19.4 Å². The van der Waals surface area contributed by atoms with Gasteiger partial charge in [-0.05, 0) is 56.6 Å². The number of halogens is 1. The SMILES string of the molecule is O=C(NCCN1CCCCC1)[C@H]1C[C@@H](O)[C@H](O)[C@H]2N=C(Nc3ccc(F)cc3)S[C@@H]21. The van der Waals surface area contributed by atoms with Gasteiger partial charge in [0, 0.05) is 24.0 Å². The lowest BCUT2D eigenvalue weighted by Crippen LogP contribution is -2.54. The molecule has 0 unspecified atom stereocenters. The Kier molecular flexibility index (Phi) is 6.92. The van der Waals surface area contributed by atoms with Crippen LogP contribution in [0.3, 0.4) is 0 Å². The maximum Gasteiger partial charge on any atom is 0.224 e. The van der Waals surface area contributed by atoms with E-state index in [-0.39, 0.29) is 23.4 Å². The second kappa shape index (κ2) is 9.64.